The van der Waals surface area contributed by atoms with E-state index in [4.69, 9.17) is 17.0 Å². The van der Waals surface area contributed by atoms with Gasteiger partial charge in [0.2, 0.25) is 0 Å². The Balaban J connectivity index is 1.07. The lowest BCUT2D eigenvalue weighted by Crippen LogP contribution is -2.29. The molecule has 3 N–H and O–H groups in total. The summed E-state index contributed by atoms with van der Waals surface area (Å²) >= 11 is 9.86. The molecule has 0 saturated carbocycles. The first kappa shape index (κ1) is 27.3. The quantitative estimate of drug-likeness (QED) is 0.132. The summed E-state index contributed by atoms with van der Waals surface area (Å²) in [6, 6.07) is 20.1. The fourth-order valence-corrected chi connectivity index (χ4v) is 4.70. The zero-order valence-corrected chi connectivity index (χ0v) is 22.6. The van der Waals surface area contributed by atoms with Crippen molar-refractivity contribution in [2.75, 3.05) is 23.8 Å². The zero-order chi connectivity index (χ0) is 26.7. The Morgan fingerprint density at radius 3 is 2.29 bits per heavy atom. The molecule has 2 amide bonds. The van der Waals surface area contributed by atoms with Crippen LogP contribution in [0.2, 0.25) is 0 Å². The van der Waals surface area contributed by atoms with Gasteiger partial charge in [0, 0.05) is 35.8 Å². The highest BCUT2D eigenvalue weighted by molar-refractivity contribution is 7.80. The molecule has 3 aromatic rings. The van der Waals surface area contributed by atoms with E-state index in [1.54, 1.807) is 6.07 Å². The fraction of sp³-hybridized carbons (Fsp3) is 0.276. The molecule has 196 valence electrons. The van der Waals surface area contributed by atoms with Crippen molar-refractivity contribution < 1.29 is 14.3 Å². The number of hydrogen-bond donors (Lipinski definition) is 3. The van der Waals surface area contributed by atoms with Crippen molar-refractivity contribution in [3.05, 3.63) is 77.9 Å². The Labute approximate surface area is 233 Å². The predicted molar refractivity (Wildman–Crippen MR) is 158 cm³/mol. The fourth-order valence-electron chi connectivity index (χ4n) is 4.43. The second kappa shape index (κ2) is 13.7. The molecule has 0 bridgehead atoms. The monoisotopic (exact) mass is 546 g/mol. The van der Waals surface area contributed by atoms with E-state index in [2.05, 4.69) is 32.7 Å². The molecule has 0 spiro atoms. The Hall–Kier alpha value is -3.69. The van der Waals surface area contributed by atoms with Crippen LogP contribution in [0.5, 0.6) is 5.75 Å². The van der Waals surface area contributed by atoms with Crippen molar-refractivity contribution in [3.8, 4) is 16.9 Å². The summed E-state index contributed by atoms with van der Waals surface area (Å²) in [6.45, 7) is 1.39. The third kappa shape index (κ3) is 7.20. The molecule has 0 aliphatic heterocycles. The van der Waals surface area contributed by atoms with Crippen LogP contribution >= 0.6 is 12.2 Å². The summed E-state index contributed by atoms with van der Waals surface area (Å²) in [5, 5.41) is 9.70. The maximum atomic E-state index is 12.6. The van der Waals surface area contributed by atoms with Crippen molar-refractivity contribution >= 4 is 52.9 Å². The van der Waals surface area contributed by atoms with Crippen molar-refractivity contribution in [2.24, 2.45) is 4.36 Å². The summed E-state index contributed by atoms with van der Waals surface area (Å²) in [6.07, 6.45) is 6.45. The number of ether oxygens (including phenoxy) is 1. The Bertz CT molecular complexity index is 1330. The summed E-state index contributed by atoms with van der Waals surface area (Å²) < 4.78 is 8.99. The molecule has 0 unspecified atom stereocenters. The number of benzene rings is 3. The van der Waals surface area contributed by atoms with Gasteiger partial charge in [-0.3, -0.25) is 4.79 Å². The van der Waals surface area contributed by atoms with Crippen LogP contribution in [0.4, 0.5) is 16.2 Å². The van der Waals surface area contributed by atoms with Gasteiger partial charge in [-0.2, -0.15) is 0 Å². The van der Waals surface area contributed by atoms with Crippen LogP contribution in [0.15, 0.2) is 71.1 Å². The average molecular weight is 547 g/mol. The molecule has 4 rings (SSSR count). The topological polar surface area (TPSA) is 91.8 Å². The maximum absolute atomic E-state index is 12.6. The zero-order valence-electron chi connectivity index (χ0n) is 21.0. The first-order valence-electron chi connectivity index (χ1n) is 12.8. The molecule has 0 fully saturated rings. The maximum Gasteiger partial charge on any atom is 0.356 e. The van der Waals surface area contributed by atoms with Gasteiger partial charge in [-0.25, -0.2) is 4.79 Å². The number of nitrogens with zero attached hydrogens (tertiary/aromatic N) is 1. The van der Waals surface area contributed by atoms with E-state index in [0.29, 0.717) is 23.2 Å². The van der Waals surface area contributed by atoms with Gasteiger partial charge in [-0.15, -0.1) is 4.36 Å². The molecule has 3 aromatic carbocycles. The Morgan fingerprint density at radius 1 is 0.789 bits per heavy atom. The third-order valence-corrected chi connectivity index (χ3v) is 6.72. The number of carbonyl (C=O) groups excluding carboxylic acids is 2. The van der Waals surface area contributed by atoms with E-state index in [-0.39, 0.29) is 5.78 Å². The first-order valence-corrected chi connectivity index (χ1v) is 13.5. The molecule has 1 aliphatic carbocycles. The van der Waals surface area contributed by atoms with Gasteiger partial charge < -0.3 is 20.7 Å². The van der Waals surface area contributed by atoms with E-state index in [1.165, 1.54) is 0 Å². The van der Waals surface area contributed by atoms with Crippen molar-refractivity contribution in [3.63, 3.8) is 0 Å². The first-order chi connectivity index (χ1) is 18.6. The minimum Gasteiger partial charge on any atom is -0.491 e. The second-order valence-electron chi connectivity index (χ2n) is 9.00. The number of ketones is 1. The molecule has 38 heavy (non-hydrogen) atoms. The van der Waals surface area contributed by atoms with Gasteiger partial charge in [-0.05, 0) is 66.5 Å². The largest absolute Gasteiger partial charge is 0.491 e. The van der Waals surface area contributed by atoms with Crippen LogP contribution in [-0.2, 0) is 12.4 Å². The number of anilines is 2. The van der Waals surface area contributed by atoms with E-state index in [1.807, 2.05) is 60.7 Å². The van der Waals surface area contributed by atoms with Crippen LogP contribution in [0.1, 0.15) is 54.4 Å². The summed E-state index contributed by atoms with van der Waals surface area (Å²) in [5.41, 5.74) is 4.85. The SMILES string of the molecule is O=C(N=S)Nc1ccccc1OCCCCCCCCNC(=S)Nc1ccc2c(c1)-c1ccccc1C2=O. The standard InChI is InChI=1S/C29H30N4O3S2/c34-27-22-12-6-5-11-21(22)24-19-20(15-16-23(24)27)31-29(37)30-17-9-3-1-2-4-10-18-36-26-14-8-7-13-25(26)32-28(35)33-38/h5-8,11-16,19H,1-4,9-10,17-18H2,(H,32,35)(H2,30,31,37). The van der Waals surface area contributed by atoms with Gasteiger partial charge in [0.25, 0.3) is 0 Å². The molecule has 0 aromatic heterocycles. The number of unbranched alkanes of at least 4 members (excludes halogenated alkanes) is 5. The van der Waals surface area contributed by atoms with Gasteiger partial charge in [-0.1, -0.05) is 62.1 Å². The highest BCUT2D eigenvalue weighted by Crippen LogP contribution is 2.37. The minimum absolute atomic E-state index is 0.0753. The summed E-state index contributed by atoms with van der Waals surface area (Å²) in [4.78, 5) is 23.9. The molecule has 0 radical (unpaired) electrons. The molecular formula is C29H30N4O3S2. The third-order valence-electron chi connectivity index (χ3n) is 6.31. The smallest absolute Gasteiger partial charge is 0.356 e. The predicted octanol–water partition coefficient (Wildman–Crippen LogP) is 6.87. The lowest BCUT2D eigenvalue weighted by Gasteiger charge is -2.12. The van der Waals surface area contributed by atoms with E-state index in [0.717, 1.165) is 73.0 Å². The molecule has 1 aliphatic rings. The number of carbonyl (C=O) groups is 2. The normalized spacial score (nSPS) is 11.3. The molecule has 7 nitrogen and oxygen atoms in total. The number of amides is 2. The summed E-state index contributed by atoms with van der Waals surface area (Å²) in [7, 11) is 0. The van der Waals surface area contributed by atoms with Gasteiger partial charge in [0.15, 0.2) is 10.9 Å². The molecular weight excluding hydrogens is 516 g/mol. The highest BCUT2D eigenvalue weighted by Gasteiger charge is 2.26. The van der Waals surface area contributed by atoms with E-state index < -0.39 is 6.03 Å². The van der Waals surface area contributed by atoms with Crippen molar-refractivity contribution in [2.45, 2.75) is 38.5 Å². The number of para-hydroxylation sites is 2. The van der Waals surface area contributed by atoms with Crippen molar-refractivity contribution in [1.82, 2.24) is 5.32 Å². The Kier molecular flexibility index (Phi) is 9.89. The number of hydrogen-bond acceptors (Lipinski definition) is 5. The average Bonchev–Trinajstić information content (AvgIpc) is 3.21. The number of nitrogens with one attached hydrogen (secondary N) is 3. The number of thiocarbonyl (C=S) groups is 1. The van der Waals surface area contributed by atoms with Gasteiger partial charge in [0.1, 0.15) is 5.75 Å². The number of urea groups is 1. The molecule has 0 heterocycles. The van der Waals surface area contributed by atoms with Crippen molar-refractivity contribution in [1.29, 1.82) is 0 Å². The second-order valence-corrected chi connectivity index (χ2v) is 9.59. The minimum atomic E-state index is -0.575. The van der Waals surface area contributed by atoms with E-state index in [9.17, 15) is 9.59 Å². The van der Waals surface area contributed by atoms with Crippen LogP contribution in [0.25, 0.3) is 11.1 Å². The lowest BCUT2D eigenvalue weighted by molar-refractivity contribution is 0.104. The highest BCUT2D eigenvalue weighted by atomic mass is 32.1. The number of rotatable bonds is 12. The van der Waals surface area contributed by atoms with E-state index >= 15 is 0 Å². The molecule has 0 saturated heterocycles. The molecule has 9 heteroatoms. The summed E-state index contributed by atoms with van der Waals surface area (Å²) in [5.74, 6) is 0.694. The van der Waals surface area contributed by atoms with Crippen LogP contribution in [0.3, 0.4) is 0 Å². The van der Waals surface area contributed by atoms with Crippen LogP contribution < -0.4 is 20.7 Å². The lowest BCUT2D eigenvalue weighted by atomic mass is 10.1. The van der Waals surface area contributed by atoms with Gasteiger partial charge in [0.05, 0.1) is 12.3 Å². The number of fused-ring (bicyclic) bond motifs is 3. The molecule has 0 atom stereocenters. The Morgan fingerprint density at radius 2 is 1.47 bits per heavy atom. The van der Waals surface area contributed by atoms with Crippen LogP contribution in [-0.4, -0.2) is 30.1 Å². The van der Waals surface area contributed by atoms with Crippen LogP contribution in [0, 0.1) is 0 Å². The van der Waals surface area contributed by atoms with Gasteiger partial charge >= 0.3 is 6.03 Å².